The van der Waals surface area contributed by atoms with Crippen LogP contribution in [-0.4, -0.2) is 15.7 Å². The number of halogens is 4. The van der Waals surface area contributed by atoms with Crippen LogP contribution in [0, 0.1) is 18.3 Å². The molecule has 0 spiro atoms. The van der Waals surface area contributed by atoms with Gasteiger partial charge in [-0.1, -0.05) is 64.6 Å². The zero-order valence-electron chi connectivity index (χ0n) is 15.6. The van der Waals surface area contributed by atoms with Crippen LogP contribution in [0.5, 0.6) is 0 Å². The third-order valence-corrected chi connectivity index (χ3v) is 5.49. The summed E-state index contributed by atoms with van der Waals surface area (Å²) in [5.41, 5.74) is 2.06. The van der Waals surface area contributed by atoms with E-state index in [1.807, 2.05) is 18.2 Å². The Morgan fingerprint density at radius 3 is 2.37 bits per heavy atom. The van der Waals surface area contributed by atoms with Crippen molar-refractivity contribution in [1.29, 1.82) is 5.26 Å². The number of nitriles is 1. The number of rotatable bonds is 5. The van der Waals surface area contributed by atoms with E-state index in [1.54, 1.807) is 41.9 Å². The van der Waals surface area contributed by atoms with Gasteiger partial charge in [-0.25, -0.2) is 4.68 Å². The highest BCUT2D eigenvalue weighted by molar-refractivity contribution is 6.40. The van der Waals surface area contributed by atoms with Crippen molar-refractivity contribution in [3.8, 4) is 6.07 Å². The number of aromatic nitrogens is 2. The molecule has 2 aromatic carbocycles. The minimum Gasteiger partial charge on any atom is -0.319 e. The van der Waals surface area contributed by atoms with E-state index in [-0.39, 0.29) is 21.3 Å². The highest BCUT2D eigenvalue weighted by atomic mass is 35.5. The summed E-state index contributed by atoms with van der Waals surface area (Å²) in [6.07, 6.45) is 1.39. The molecular formula is C21H14Cl4N4O. The highest BCUT2D eigenvalue weighted by Crippen LogP contribution is 2.30. The molecule has 0 aliphatic carbocycles. The molecule has 0 unspecified atom stereocenters. The van der Waals surface area contributed by atoms with Crippen LogP contribution in [0.25, 0.3) is 6.08 Å². The first kappa shape index (κ1) is 22.2. The Morgan fingerprint density at radius 2 is 1.77 bits per heavy atom. The second-order valence-electron chi connectivity index (χ2n) is 6.29. The lowest BCUT2D eigenvalue weighted by Crippen LogP contribution is -2.14. The third kappa shape index (κ3) is 4.97. The van der Waals surface area contributed by atoms with Crippen molar-refractivity contribution in [2.24, 2.45) is 0 Å². The van der Waals surface area contributed by atoms with E-state index in [9.17, 15) is 10.1 Å². The minimum atomic E-state index is -0.659. The number of aryl methyl sites for hydroxylation is 1. The summed E-state index contributed by atoms with van der Waals surface area (Å²) < 4.78 is 1.59. The Balaban J connectivity index is 1.88. The Labute approximate surface area is 193 Å². The molecule has 9 heteroatoms. The van der Waals surface area contributed by atoms with Gasteiger partial charge in [0.25, 0.3) is 5.91 Å². The SMILES string of the molecule is Cc1nn(Cc2ccc(Cl)cc2)c(Cl)c1/C=C(\C#N)C(=O)Nc1c(Cl)cccc1Cl. The van der Waals surface area contributed by atoms with Gasteiger partial charge in [-0.3, -0.25) is 4.79 Å². The lowest BCUT2D eigenvalue weighted by Gasteiger charge is -2.08. The largest absolute Gasteiger partial charge is 0.319 e. The number of nitrogens with one attached hydrogen (secondary N) is 1. The maximum atomic E-state index is 12.6. The standard InChI is InChI=1S/C21H14Cl4N4O/c1-12-16(20(25)29(28-12)11-13-5-7-15(22)8-6-13)9-14(10-26)21(30)27-19-17(23)3-2-4-18(19)24/h2-9H,11H2,1H3,(H,27,30)/b14-9+. The average Bonchev–Trinajstić information content (AvgIpc) is 2.97. The molecule has 0 bridgehead atoms. The number of benzene rings is 2. The average molecular weight is 480 g/mol. The van der Waals surface area contributed by atoms with E-state index in [0.717, 1.165) is 5.56 Å². The highest BCUT2D eigenvalue weighted by Gasteiger charge is 2.18. The van der Waals surface area contributed by atoms with Gasteiger partial charge in [-0.15, -0.1) is 0 Å². The van der Waals surface area contributed by atoms with Crippen molar-refractivity contribution >= 4 is 64.1 Å². The van der Waals surface area contributed by atoms with Gasteiger partial charge >= 0.3 is 0 Å². The summed E-state index contributed by atoms with van der Waals surface area (Å²) >= 11 is 24.5. The predicted octanol–water partition coefficient (Wildman–Crippen LogP) is 6.40. The van der Waals surface area contributed by atoms with Gasteiger partial charge in [0.2, 0.25) is 0 Å². The topological polar surface area (TPSA) is 70.7 Å². The first-order chi connectivity index (χ1) is 14.3. The molecule has 3 aromatic rings. The molecule has 1 aromatic heterocycles. The van der Waals surface area contributed by atoms with Crippen molar-refractivity contribution in [2.75, 3.05) is 5.32 Å². The summed E-state index contributed by atoms with van der Waals surface area (Å²) in [7, 11) is 0. The second kappa shape index (κ2) is 9.55. The fourth-order valence-corrected chi connectivity index (χ4v) is 3.60. The van der Waals surface area contributed by atoms with Crippen molar-refractivity contribution in [3.63, 3.8) is 0 Å². The summed E-state index contributed by atoms with van der Waals surface area (Å²) in [5.74, 6) is -0.659. The number of hydrogen-bond acceptors (Lipinski definition) is 3. The summed E-state index contributed by atoms with van der Waals surface area (Å²) in [6.45, 7) is 2.15. The van der Waals surface area contributed by atoms with E-state index in [1.165, 1.54) is 6.08 Å². The smallest absolute Gasteiger partial charge is 0.266 e. The van der Waals surface area contributed by atoms with Crippen LogP contribution in [0.2, 0.25) is 20.2 Å². The van der Waals surface area contributed by atoms with Crippen LogP contribution >= 0.6 is 46.4 Å². The molecule has 0 saturated carbocycles. The summed E-state index contributed by atoms with van der Waals surface area (Å²) in [5, 5.41) is 17.9. The fraction of sp³-hybridized carbons (Fsp3) is 0.0952. The number of carbonyl (C=O) groups excluding carboxylic acids is 1. The maximum absolute atomic E-state index is 12.6. The van der Waals surface area contributed by atoms with Crippen molar-refractivity contribution in [3.05, 3.63) is 85.1 Å². The molecule has 0 fully saturated rings. The normalized spacial score (nSPS) is 11.3. The Bertz CT molecular complexity index is 1160. The minimum absolute atomic E-state index is 0.165. The van der Waals surface area contributed by atoms with Gasteiger partial charge < -0.3 is 5.32 Å². The quantitative estimate of drug-likeness (QED) is 0.340. The molecule has 1 heterocycles. The van der Waals surface area contributed by atoms with E-state index in [2.05, 4.69) is 10.4 Å². The lowest BCUT2D eigenvalue weighted by atomic mass is 10.1. The van der Waals surface area contributed by atoms with Crippen molar-refractivity contribution < 1.29 is 4.79 Å². The van der Waals surface area contributed by atoms with Crippen LogP contribution in [0.1, 0.15) is 16.8 Å². The Morgan fingerprint density at radius 1 is 1.13 bits per heavy atom. The van der Waals surface area contributed by atoms with E-state index >= 15 is 0 Å². The molecule has 5 nitrogen and oxygen atoms in total. The number of nitrogens with zero attached hydrogens (tertiary/aromatic N) is 3. The predicted molar refractivity (Wildman–Crippen MR) is 121 cm³/mol. The third-order valence-electron chi connectivity index (χ3n) is 4.21. The van der Waals surface area contributed by atoms with Gasteiger partial charge in [0.15, 0.2) is 0 Å². The number of para-hydroxylation sites is 1. The molecule has 152 valence electrons. The van der Waals surface area contributed by atoms with E-state index in [4.69, 9.17) is 46.4 Å². The van der Waals surface area contributed by atoms with Gasteiger partial charge in [0.1, 0.15) is 16.8 Å². The molecule has 0 aliphatic heterocycles. The molecule has 0 atom stereocenters. The monoisotopic (exact) mass is 478 g/mol. The van der Waals surface area contributed by atoms with Crippen LogP contribution < -0.4 is 5.32 Å². The van der Waals surface area contributed by atoms with Gasteiger partial charge in [0, 0.05) is 10.6 Å². The number of hydrogen-bond donors (Lipinski definition) is 1. The first-order valence-electron chi connectivity index (χ1n) is 8.64. The molecule has 0 saturated heterocycles. The molecule has 0 aliphatic rings. The maximum Gasteiger partial charge on any atom is 0.266 e. The summed E-state index contributed by atoms with van der Waals surface area (Å²) in [4.78, 5) is 12.6. The van der Waals surface area contributed by atoms with Crippen molar-refractivity contribution in [2.45, 2.75) is 13.5 Å². The van der Waals surface area contributed by atoms with Crippen molar-refractivity contribution in [1.82, 2.24) is 9.78 Å². The van der Waals surface area contributed by atoms with Crippen LogP contribution in [-0.2, 0) is 11.3 Å². The zero-order chi connectivity index (χ0) is 21.8. The van der Waals surface area contributed by atoms with Crippen LogP contribution in [0.15, 0.2) is 48.0 Å². The Hall–Kier alpha value is -2.49. The summed E-state index contributed by atoms with van der Waals surface area (Å²) in [6, 6.07) is 14.0. The molecular weight excluding hydrogens is 466 g/mol. The van der Waals surface area contributed by atoms with Crippen LogP contribution in [0.3, 0.4) is 0 Å². The Kier molecular flexibility index (Phi) is 7.06. The van der Waals surface area contributed by atoms with E-state index in [0.29, 0.717) is 28.0 Å². The molecule has 30 heavy (non-hydrogen) atoms. The zero-order valence-corrected chi connectivity index (χ0v) is 18.6. The lowest BCUT2D eigenvalue weighted by molar-refractivity contribution is -0.112. The molecule has 0 radical (unpaired) electrons. The van der Waals surface area contributed by atoms with Gasteiger partial charge in [-0.05, 0) is 42.8 Å². The van der Waals surface area contributed by atoms with Crippen LogP contribution in [0.4, 0.5) is 5.69 Å². The van der Waals surface area contributed by atoms with Gasteiger partial charge in [-0.2, -0.15) is 10.4 Å². The second-order valence-corrected chi connectivity index (χ2v) is 7.90. The first-order valence-corrected chi connectivity index (χ1v) is 10.2. The molecule has 1 amide bonds. The fourth-order valence-electron chi connectivity index (χ4n) is 2.69. The molecule has 3 rings (SSSR count). The number of carbonyl (C=O) groups is 1. The number of amides is 1. The van der Waals surface area contributed by atoms with Gasteiger partial charge in [0.05, 0.1) is 28.0 Å². The number of anilines is 1. The van der Waals surface area contributed by atoms with E-state index < -0.39 is 5.91 Å². The molecule has 1 N–H and O–H groups in total.